The molecular weight excluding hydrogens is 304 g/mol. The van der Waals surface area contributed by atoms with Crippen LogP contribution in [0.1, 0.15) is 51.6 Å². The van der Waals surface area contributed by atoms with Crippen LogP contribution in [-0.2, 0) is 4.79 Å². The van der Waals surface area contributed by atoms with Crippen molar-refractivity contribution >= 4 is 17.6 Å². The van der Waals surface area contributed by atoms with E-state index < -0.39 is 6.04 Å². The minimum atomic E-state index is -0.496. The van der Waals surface area contributed by atoms with Gasteiger partial charge in [0.05, 0.1) is 12.1 Å². The molecule has 132 valence electrons. The molecule has 1 aromatic carbocycles. The lowest BCUT2D eigenvalue weighted by molar-refractivity contribution is -0.124. The maximum atomic E-state index is 12.1. The quantitative estimate of drug-likeness (QED) is 0.618. The Morgan fingerprint density at radius 1 is 1.21 bits per heavy atom. The third-order valence-electron chi connectivity index (χ3n) is 4.50. The van der Waals surface area contributed by atoms with Crippen molar-refractivity contribution in [3.05, 3.63) is 29.8 Å². The largest absolute Gasteiger partial charge is 0.348 e. The minimum absolute atomic E-state index is 0.136. The molecule has 0 aliphatic heterocycles. The molecule has 3 atom stereocenters. The summed E-state index contributed by atoms with van der Waals surface area (Å²) >= 11 is 0. The SMILES string of the molecule is CCC(C)C(N)C(=O)NC(C)c1ccc(NC(=O)NC2CC2)cc1. The Labute approximate surface area is 143 Å². The third kappa shape index (κ3) is 5.23. The normalized spacial score (nSPS) is 17.5. The van der Waals surface area contributed by atoms with E-state index in [2.05, 4.69) is 16.0 Å². The van der Waals surface area contributed by atoms with Crippen molar-refractivity contribution in [2.24, 2.45) is 11.7 Å². The third-order valence-corrected chi connectivity index (χ3v) is 4.50. The standard InChI is InChI=1S/C18H28N4O2/c1-4-11(2)16(19)17(23)20-12(3)13-5-7-14(8-6-13)21-18(24)22-15-9-10-15/h5-8,11-12,15-16H,4,9-10,19H2,1-3H3,(H,20,23)(H2,21,22,24). The molecule has 0 aromatic heterocycles. The van der Waals surface area contributed by atoms with Gasteiger partial charge in [-0.3, -0.25) is 4.79 Å². The summed E-state index contributed by atoms with van der Waals surface area (Å²) < 4.78 is 0. The zero-order chi connectivity index (χ0) is 17.7. The average molecular weight is 332 g/mol. The molecule has 6 nitrogen and oxygen atoms in total. The Kier molecular flexibility index (Phi) is 6.20. The van der Waals surface area contributed by atoms with Crippen molar-refractivity contribution < 1.29 is 9.59 Å². The van der Waals surface area contributed by atoms with E-state index in [0.29, 0.717) is 6.04 Å². The highest BCUT2D eigenvalue weighted by Crippen LogP contribution is 2.20. The van der Waals surface area contributed by atoms with Crippen molar-refractivity contribution in [1.29, 1.82) is 0 Å². The van der Waals surface area contributed by atoms with Gasteiger partial charge in [0.25, 0.3) is 0 Å². The fourth-order valence-corrected chi connectivity index (χ4v) is 2.34. The number of nitrogens with two attached hydrogens (primary N) is 1. The first-order chi connectivity index (χ1) is 11.4. The summed E-state index contributed by atoms with van der Waals surface area (Å²) in [5, 5.41) is 8.62. The summed E-state index contributed by atoms with van der Waals surface area (Å²) in [4.78, 5) is 23.8. The highest BCUT2D eigenvalue weighted by atomic mass is 16.2. The van der Waals surface area contributed by atoms with Gasteiger partial charge in [0.1, 0.15) is 0 Å². The zero-order valence-electron chi connectivity index (χ0n) is 14.6. The van der Waals surface area contributed by atoms with E-state index in [0.717, 1.165) is 30.5 Å². The molecule has 0 heterocycles. The molecule has 3 unspecified atom stereocenters. The Morgan fingerprint density at radius 2 is 1.83 bits per heavy atom. The highest BCUT2D eigenvalue weighted by Gasteiger charge is 2.23. The highest BCUT2D eigenvalue weighted by molar-refractivity contribution is 5.89. The molecule has 6 heteroatoms. The Bertz CT molecular complexity index is 569. The number of hydrogen-bond donors (Lipinski definition) is 4. The summed E-state index contributed by atoms with van der Waals surface area (Å²) in [5.41, 5.74) is 7.65. The van der Waals surface area contributed by atoms with Gasteiger partial charge in [-0.15, -0.1) is 0 Å². The topological polar surface area (TPSA) is 96.2 Å². The van der Waals surface area contributed by atoms with Crippen LogP contribution in [0.3, 0.4) is 0 Å². The summed E-state index contributed by atoms with van der Waals surface area (Å²) in [6.07, 6.45) is 2.98. The van der Waals surface area contributed by atoms with E-state index in [1.807, 2.05) is 45.0 Å². The van der Waals surface area contributed by atoms with E-state index in [9.17, 15) is 9.59 Å². The van der Waals surface area contributed by atoms with E-state index in [4.69, 9.17) is 5.73 Å². The smallest absolute Gasteiger partial charge is 0.319 e. The molecule has 1 saturated carbocycles. The molecule has 1 fully saturated rings. The van der Waals surface area contributed by atoms with Crippen molar-refractivity contribution in [2.45, 2.75) is 58.2 Å². The van der Waals surface area contributed by atoms with Crippen LogP contribution in [0.4, 0.5) is 10.5 Å². The van der Waals surface area contributed by atoms with Gasteiger partial charge in [0, 0.05) is 11.7 Å². The monoisotopic (exact) mass is 332 g/mol. The van der Waals surface area contributed by atoms with E-state index in [-0.39, 0.29) is 23.9 Å². The molecule has 0 radical (unpaired) electrons. The molecule has 1 aliphatic rings. The molecular formula is C18H28N4O2. The molecule has 2 rings (SSSR count). The van der Waals surface area contributed by atoms with Crippen LogP contribution >= 0.6 is 0 Å². The van der Waals surface area contributed by atoms with Gasteiger partial charge >= 0.3 is 6.03 Å². The molecule has 0 saturated heterocycles. The number of carbonyl (C=O) groups excluding carboxylic acids is 2. The van der Waals surface area contributed by atoms with Gasteiger partial charge in [-0.2, -0.15) is 0 Å². The lowest BCUT2D eigenvalue weighted by Gasteiger charge is -2.21. The number of benzene rings is 1. The fraction of sp³-hybridized carbons (Fsp3) is 0.556. The van der Waals surface area contributed by atoms with Crippen LogP contribution in [0.5, 0.6) is 0 Å². The van der Waals surface area contributed by atoms with E-state index in [1.165, 1.54) is 0 Å². The van der Waals surface area contributed by atoms with Gasteiger partial charge in [-0.25, -0.2) is 4.79 Å². The summed E-state index contributed by atoms with van der Waals surface area (Å²) in [5.74, 6) is 0.0108. The molecule has 5 N–H and O–H groups in total. The van der Waals surface area contributed by atoms with Crippen LogP contribution in [0, 0.1) is 5.92 Å². The number of anilines is 1. The second-order valence-electron chi connectivity index (χ2n) is 6.64. The predicted octanol–water partition coefficient (Wildman–Crippen LogP) is 2.52. The van der Waals surface area contributed by atoms with E-state index >= 15 is 0 Å². The van der Waals surface area contributed by atoms with Crippen LogP contribution in [0.2, 0.25) is 0 Å². The second kappa shape index (κ2) is 8.15. The first-order valence-electron chi connectivity index (χ1n) is 8.64. The number of carbonyl (C=O) groups is 2. The molecule has 1 aliphatic carbocycles. The van der Waals surface area contributed by atoms with Crippen LogP contribution in [0.15, 0.2) is 24.3 Å². The number of nitrogens with one attached hydrogen (secondary N) is 3. The van der Waals surface area contributed by atoms with Gasteiger partial charge in [0.2, 0.25) is 5.91 Å². The van der Waals surface area contributed by atoms with Gasteiger partial charge < -0.3 is 21.7 Å². The number of hydrogen-bond acceptors (Lipinski definition) is 3. The lowest BCUT2D eigenvalue weighted by Crippen LogP contribution is -2.45. The van der Waals surface area contributed by atoms with Gasteiger partial charge in [-0.05, 0) is 43.4 Å². The average Bonchev–Trinajstić information content (AvgIpc) is 3.37. The molecule has 1 aromatic rings. The van der Waals surface area contributed by atoms with E-state index in [1.54, 1.807) is 0 Å². The Balaban J connectivity index is 1.86. The summed E-state index contributed by atoms with van der Waals surface area (Å²) in [6.45, 7) is 5.91. The van der Waals surface area contributed by atoms with Crippen LogP contribution < -0.4 is 21.7 Å². The maximum absolute atomic E-state index is 12.1. The Hall–Kier alpha value is -2.08. The molecule has 3 amide bonds. The first-order valence-corrected chi connectivity index (χ1v) is 8.64. The first kappa shape index (κ1) is 18.3. The molecule has 0 spiro atoms. The van der Waals surface area contributed by atoms with Crippen molar-refractivity contribution in [2.75, 3.05) is 5.32 Å². The zero-order valence-corrected chi connectivity index (χ0v) is 14.6. The van der Waals surface area contributed by atoms with Gasteiger partial charge in [-0.1, -0.05) is 32.4 Å². The number of rotatable bonds is 7. The summed E-state index contributed by atoms with van der Waals surface area (Å²) in [7, 11) is 0. The van der Waals surface area contributed by atoms with Crippen LogP contribution in [-0.4, -0.2) is 24.0 Å². The van der Waals surface area contributed by atoms with Crippen molar-refractivity contribution in [1.82, 2.24) is 10.6 Å². The van der Waals surface area contributed by atoms with Crippen molar-refractivity contribution in [3.8, 4) is 0 Å². The molecule has 24 heavy (non-hydrogen) atoms. The van der Waals surface area contributed by atoms with Crippen LogP contribution in [0.25, 0.3) is 0 Å². The summed E-state index contributed by atoms with van der Waals surface area (Å²) in [6, 6.07) is 6.98. The fourth-order valence-electron chi connectivity index (χ4n) is 2.34. The van der Waals surface area contributed by atoms with Gasteiger partial charge in [0.15, 0.2) is 0 Å². The predicted molar refractivity (Wildman–Crippen MR) is 95.6 cm³/mol. The maximum Gasteiger partial charge on any atom is 0.319 e. The second-order valence-corrected chi connectivity index (χ2v) is 6.64. The number of urea groups is 1. The minimum Gasteiger partial charge on any atom is -0.348 e. The van der Waals surface area contributed by atoms with Crippen molar-refractivity contribution in [3.63, 3.8) is 0 Å². The molecule has 0 bridgehead atoms. The lowest BCUT2D eigenvalue weighted by atomic mass is 9.98. The Morgan fingerprint density at radius 3 is 2.38 bits per heavy atom. The number of amides is 3.